The first-order chi connectivity index (χ1) is 13.1. The minimum absolute atomic E-state index is 0.0292. The lowest BCUT2D eigenvalue weighted by atomic mass is 10.0. The molecule has 0 bridgehead atoms. The monoisotopic (exact) mass is 361 g/mol. The Morgan fingerprint density at radius 2 is 1.89 bits per heavy atom. The third-order valence-electron chi connectivity index (χ3n) is 4.56. The summed E-state index contributed by atoms with van der Waals surface area (Å²) in [6, 6.07) is 15.3. The Labute approximate surface area is 154 Å². The van der Waals surface area contributed by atoms with Crippen LogP contribution in [0.3, 0.4) is 0 Å². The van der Waals surface area contributed by atoms with Gasteiger partial charge in [0, 0.05) is 11.1 Å². The Morgan fingerprint density at radius 3 is 2.56 bits per heavy atom. The number of carbonyl (C=O) groups is 1. The normalized spacial score (nSPS) is 11.0. The lowest BCUT2D eigenvalue weighted by Gasteiger charge is -2.07. The van der Waals surface area contributed by atoms with Gasteiger partial charge in [-0.15, -0.1) is 0 Å². The minimum Gasteiger partial charge on any atom is -0.478 e. The predicted octanol–water partition coefficient (Wildman–Crippen LogP) is 4.69. The van der Waals surface area contributed by atoms with E-state index in [0.717, 1.165) is 12.0 Å². The van der Waals surface area contributed by atoms with Gasteiger partial charge in [-0.3, -0.25) is 5.10 Å². The molecular formula is C21H16FN3O2. The first kappa shape index (κ1) is 16.9. The Hall–Kier alpha value is -3.54. The molecule has 0 fully saturated rings. The van der Waals surface area contributed by atoms with Gasteiger partial charge in [0.1, 0.15) is 5.82 Å². The molecule has 27 heavy (non-hydrogen) atoms. The molecule has 4 aromatic rings. The van der Waals surface area contributed by atoms with Crippen molar-refractivity contribution in [2.45, 2.75) is 13.3 Å². The van der Waals surface area contributed by atoms with Gasteiger partial charge < -0.3 is 5.11 Å². The van der Waals surface area contributed by atoms with Gasteiger partial charge in [0.15, 0.2) is 5.65 Å². The van der Waals surface area contributed by atoms with Crippen molar-refractivity contribution in [2.24, 2.45) is 0 Å². The van der Waals surface area contributed by atoms with E-state index in [2.05, 4.69) is 22.1 Å². The molecule has 0 aliphatic heterocycles. The maximum absolute atomic E-state index is 14.1. The number of halogens is 1. The Bertz CT molecular complexity index is 1150. The van der Waals surface area contributed by atoms with Crippen molar-refractivity contribution in [3.8, 4) is 22.5 Å². The van der Waals surface area contributed by atoms with Crippen LogP contribution in [0.2, 0.25) is 0 Å². The summed E-state index contributed by atoms with van der Waals surface area (Å²) in [7, 11) is 0. The molecule has 0 amide bonds. The number of nitrogens with zero attached hydrogens (tertiary/aromatic N) is 2. The number of aryl methyl sites for hydroxylation is 1. The number of aromatic nitrogens is 3. The van der Waals surface area contributed by atoms with Gasteiger partial charge in [0.05, 0.1) is 22.3 Å². The average molecular weight is 361 g/mol. The fourth-order valence-corrected chi connectivity index (χ4v) is 3.12. The van der Waals surface area contributed by atoms with Crippen LogP contribution in [0.25, 0.3) is 33.5 Å². The summed E-state index contributed by atoms with van der Waals surface area (Å²) in [5, 5.41) is 17.2. The fourth-order valence-electron chi connectivity index (χ4n) is 3.12. The van der Waals surface area contributed by atoms with Crippen LogP contribution in [0.5, 0.6) is 0 Å². The van der Waals surface area contributed by atoms with E-state index in [1.165, 1.54) is 17.7 Å². The lowest BCUT2D eigenvalue weighted by Crippen LogP contribution is -2.01. The highest BCUT2D eigenvalue weighted by atomic mass is 19.1. The third-order valence-corrected chi connectivity index (χ3v) is 4.56. The van der Waals surface area contributed by atoms with Crippen LogP contribution >= 0.6 is 0 Å². The molecule has 2 heterocycles. The summed E-state index contributed by atoms with van der Waals surface area (Å²) in [5.74, 6) is -1.58. The van der Waals surface area contributed by atoms with Crippen molar-refractivity contribution in [3.05, 3.63) is 71.5 Å². The Kier molecular flexibility index (Phi) is 4.16. The second kappa shape index (κ2) is 6.64. The van der Waals surface area contributed by atoms with Crippen molar-refractivity contribution in [3.63, 3.8) is 0 Å². The van der Waals surface area contributed by atoms with Gasteiger partial charge in [-0.1, -0.05) is 43.3 Å². The number of rotatable bonds is 4. The number of H-pyrrole nitrogens is 1. The maximum atomic E-state index is 14.1. The van der Waals surface area contributed by atoms with E-state index in [1.54, 1.807) is 18.2 Å². The molecule has 0 spiro atoms. The van der Waals surface area contributed by atoms with Crippen LogP contribution in [0.1, 0.15) is 22.8 Å². The molecule has 4 rings (SSSR count). The Morgan fingerprint density at radius 1 is 1.15 bits per heavy atom. The first-order valence-corrected chi connectivity index (χ1v) is 8.55. The zero-order valence-corrected chi connectivity index (χ0v) is 14.5. The molecule has 0 saturated heterocycles. The van der Waals surface area contributed by atoms with Gasteiger partial charge in [-0.05, 0) is 30.2 Å². The van der Waals surface area contributed by atoms with E-state index in [9.17, 15) is 14.3 Å². The maximum Gasteiger partial charge on any atom is 0.336 e. The molecule has 0 radical (unpaired) electrons. The molecule has 0 atom stereocenters. The van der Waals surface area contributed by atoms with E-state index in [0.29, 0.717) is 11.1 Å². The third kappa shape index (κ3) is 2.95. The summed E-state index contributed by atoms with van der Waals surface area (Å²) in [5.41, 5.74) is 3.32. The van der Waals surface area contributed by atoms with E-state index >= 15 is 0 Å². The number of fused-ring (bicyclic) bond motifs is 1. The summed E-state index contributed by atoms with van der Waals surface area (Å²) in [4.78, 5) is 16.3. The number of benzene rings is 2. The minimum atomic E-state index is -1.12. The molecule has 5 nitrogen and oxygen atoms in total. The van der Waals surface area contributed by atoms with Gasteiger partial charge in [0.2, 0.25) is 0 Å². The van der Waals surface area contributed by atoms with E-state index in [-0.39, 0.29) is 22.5 Å². The van der Waals surface area contributed by atoms with E-state index in [1.807, 2.05) is 24.3 Å². The number of hydrogen-bond acceptors (Lipinski definition) is 3. The van der Waals surface area contributed by atoms with Gasteiger partial charge in [-0.2, -0.15) is 5.10 Å². The molecular weight excluding hydrogens is 345 g/mol. The Balaban J connectivity index is 1.94. The van der Waals surface area contributed by atoms with Gasteiger partial charge in [0.25, 0.3) is 0 Å². The summed E-state index contributed by atoms with van der Waals surface area (Å²) < 4.78 is 14.1. The van der Waals surface area contributed by atoms with Crippen molar-refractivity contribution in [1.82, 2.24) is 15.2 Å². The number of carboxylic acid groups (broad SMARTS) is 1. The lowest BCUT2D eigenvalue weighted by molar-refractivity contribution is 0.0699. The number of pyridine rings is 1. The summed E-state index contributed by atoms with van der Waals surface area (Å²) in [6.45, 7) is 2.07. The van der Waals surface area contributed by atoms with Crippen LogP contribution < -0.4 is 0 Å². The number of aromatic carboxylic acids is 1. The van der Waals surface area contributed by atoms with Crippen LogP contribution in [0.15, 0.2) is 54.6 Å². The van der Waals surface area contributed by atoms with Gasteiger partial charge >= 0.3 is 5.97 Å². The zero-order chi connectivity index (χ0) is 19.0. The molecule has 6 heteroatoms. The number of carboxylic acids is 1. The second-order valence-electron chi connectivity index (χ2n) is 6.19. The largest absolute Gasteiger partial charge is 0.478 e. The van der Waals surface area contributed by atoms with E-state index < -0.39 is 11.8 Å². The molecule has 0 saturated carbocycles. The molecule has 0 unspecified atom stereocenters. The summed E-state index contributed by atoms with van der Waals surface area (Å²) in [6.07, 6.45) is 0.915. The summed E-state index contributed by atoms with van der Waals surface area (Å²) >= 11 is 0. The fraction of sp³-hybridized carbons (Fsp3) is 0.0952. The molecule has 2 aromatic heterocycles. The molecule has 0 aliphatic carbocycles. The van der Waals surface area contributed by atoms with Crippen LogP contribution in [-0.2, 0) is 6.42 Å². The number of hydrogen-bond donors (Lipinski definition) is 2. The van der Waals surface area contributed by atoms with Crippen molar-refractivity contribution >= 4 is 17.0 Å². The van der Waals surface area contributed by atoms with Crippen LogP contribution in [0.4, 0.5) is 4.39 Å². The quantitative estimate of drug-likeness (QED) is 0.553. The topological polar surface area (TPSA) is 78.9 Å². The van der Waals surface area contributed by atoms with Crippen molar-refractivity contribution in [2.75, 3.05) is 0 Å². The van der Waals surface area contributed by atoms with E-state index in [4.69, 9.17) is 0 Å². The smallest absolute Gasteiger partial charge is 0.336 e. The molecule has 0 aliphatic rings. The SMILES string of the molecule is CCc1ccc(-c2[nH]nc3nc(-c4ccccc4F)cc(C(=O)O)c23)cc1. The number of aromatic amines is 1. The highest BCUT2D eigenvalue weighted by Gasteiger charge is 2.20. The molecule has 134 valence electrons. The highest BCUT2D eigenvalue weighted by Crippen LogP contribution is 2.32. The first-order valence-electron chi connectivity index (χ1n) is 8.55. The average Bonchev–Trinajstić information content (AvgIpc) is 3.11. The second-order valence-corrected chi connectivity index (χ2v) is 6.19. The molecule has 2 N–H and O–H groups in total. The number of nitrogens with one attached hydrogen (secondary N) is 1. The van der Waals surface area contributed by atoms with Crippen LogP contribution in [0, 0.1) is 5.82 Å². The predicted molar refractivity (Wildman–Crippen MR) is 101 cm³/mol. The zero-order valence-electron chi connectivity index (χ0n) is 14.5. The highest BCUT2D eigenvalue weighted by molar-refractivity contribution is 6.08. The standard InChI is InChI=1S/C21H16FN3O2/c1-2-12-7-9-13(10-8-12)19-18-15(21(26)27)11-17(23-20(18)25-24-19)14-5-3-4-6-16(14)22/h3-11H,2H2,1H3,(H,26,27)(H,23,24,25). The van der Waals surface area contributed by atoms with Gasteiger partial charge in [-0.25, -0.2) is 14.2 Å². The van der Waals surface area contributed by atoms with Crippen molar-refractivity contribution in [1.29, 1.82) is 0 Å². The van der Waals surface area contributed by atoms with Crippen molar-refractivity contribution < 1.29 is 14.3 Å². The molecule has 2 aromatic carbocycles. The van der Waals surface area contributed by atoms with Crippen LogP contribution in [-0.4, -0.2) is 26.3 Å².